The molecule has 0 saturated carbocycles. The number of aryl methyl sites for hydroxylation is 1. The molecule has 2 rings (SSSR count). The average Bonchev–Trinajstić information content (AvgIpc) is 2.34. The first-order chi connectivity index (χ1) is 8.56. The number of aliphatic imine (C=N–C) groups is 1. The molecule has 0 aromatic heterocycles. The van der Waals surface area contributed by atoms with Crippen LogP contribution in [0.3, 0.4) is 0 Å². The summed E-state index contributed by atoms with van der Waals surface area (Å²) in [4.78, 5) is 4.30. The smallest absolute Gasteiger partial charge is 0.127 e. The van der Waals surface area contributed by atoms with E-state index in [9.17, 15) is 5.11 Å². The van der Waals surface area contributed by atoms with Gasteiger partial charge in [0.2, 0.25) is 0 Å². The van der Waals surface area contributed by atoms with E-state index in [-0.39, 0.29) is 5.75 Å². The van der Waals surface area contributed by atoms with Crippen LogP contribution in [0.5, 0.6) is 5.75 Å². The van der Waals surface area contributed by atoms with Crippen molar-refractivity contribution in [3.05, 3.63) is 57.0 Å². The molecule has 2 aromatic carbocycles. The fourth-order valence-electron chi connectivity index (χ4n) is 1.53. The van der Waals surface area contributed by atoms with E-state index in [1.54, 1.807) is 18.3 Å². The van der Waals surface area contributed by atoms with Gasteiger partial charge in [-0.1, -0.05) is 27.5 Å². The summed E-state index contributed by atoms with van der Waals surface area (Å²) < 4.78 is 0.912. The number of nitrogens with zero attached hydrogens (tertiary/aromatic N) is 1. The third-order valence-electron chi connectivity index (χ3n) is 2.47. The van der Waals surface area contributed by atoms with Crippen molar-refractivity contribution in [3.63, 3.8) is 0 Å². The Bertz CT molecular complexity index is 593. The number of benzene rings is 2. The molecular formula is C14H11BrClNO. The van der Waals surface area contributed by atoms with E-state index in [2.05, 4.69) is 20.9 Å². The van der Waals surface area contributed by atoms with Crippen LogP contribution in [0.15, 0.2) is 45.9 Å². The maximum atomic E-state index is 9.91. The SMILES string of the molecule is Cc1cc(Br)cc(C=Nc2ccc(Cl)cc2)c1O. The molecule has 0 bridgehead atoms. The number of halogens is 2. The van der Waals surface area contributed by atoms with Crippen LogP contribution in [-0.2, 0) is 0 Å². The lowest BCUT2D eigenvalue weighted by molar-refractivity contribution is 0.470. The van der Waals surface area contributed by atoms with Crippen LogP contribution >= 0.6 is 27.5 Å². The molecule has 0 heterocycles. The fourth-order valence-corrected chi connectivity index (χ4v) is 2.25. The molecule has 0 spiro atoms. The molecule has 0 aliphatic carbocycles. The van der Waals surface area contributed by atoms with E-state index < -0.39 is 0 Å². The molecule has 0 aliphatic heterocycles. The topological polar surface area (TPSA) is 32.6 Å². The molecule has 0 unspecified atom stereocenters. The Morgan fingerprint density at radius 2 is 1.89 bits per heavy atom. The van der Waals surface area contributed by atoms with E-state index >= 15 is 0 Å². The fraction of sp³-hybridized carbons (Fsp3) is 0.0714. The Morgan fingerprint density at radius 1 is 1.22 bits per heavy atom. The summed E-state index contributed by atoms with van der Waals surface area (Å²) >= 11 is 9.19. The van der Waals surface area contributed by atoms with E-state index in [0.717, 1.165) is 15.7 Å². The number of hydrogen-bond donors (Lipinski definition) is 1. The Hall–Kier alpha value is -1.32. The minimum Gasteiger partial charge on any atom is -0.507 e. The lowest BCUT2D eigenvalue weighted by atomic mass is 10.1. The average molecular weight is 325 g/mol. The van der Waals surface area contributed by atoms with Gasteiger partial charge in [0.15, 0.2) is 0 Å². The predicted molar refractivity (Wildman–Crippen MR) is 79.2 cm³/mol. The van der Waals surface area contributed by atoms with Crippen molar-refractivity contribution in [1.82, 2.24) is 0 Å². The van der Waals surface area contributed by atoms with E-state index in [1.165, 1.54) is 0 Å². The zero-order valence-corrected chi connectivity index (χ0v) is 12.0. The number of hydrogen-bond acceptors (Lipinski definition) is 2. The summed E-state index contributed by atoms with van der Waals surface area (Å²) in [6, 6.07) is 10.9. The summed E-state index contributed by atoms with van der Waals surface area (Å²) in [6.45, 7) is 1.85. The lowest BCUT2D eigenvalue weighted by Crippen LogP contribution is -1.86. The van der Waals surface area contributed by atoms with Crippen molar-refractivity contribution in [2.75, 3.05) is 0 Å². The van der Waals surface area contributed by atoms with Gasteiger partial charge in [0.1, 0.15) is 5.75 Å². The molecular weight excluding hydrogens is 314 g/mol. The van der Waals surface area contributed by atoms with Crippen LogP contribution in [-0.4, -0.2) is 11.3 Å². The highest BCUT2D eigenvalue weighted by Crippen LogP contribution is 2.26. The van der Waals surface area contributed by atoms with Gasteiger partial charge >= 0.3 is 0 Å². The molecule has 0 saturated heterocycles. The lowest BCUT2D eigenvalue weighted by Gasteiger charge is -2.03. The van der Waals surface area contributed by atoms with Crippen molar-refractivity contribution < 1.29 is 5.11 Å². The van der Waals surface area contributed by atoms with Gasteiger partial charge in [0.25, 0.3) is 0 Å². The molecule has 4 heteroatoms. The summed E-state index contributed by atoms with van der Waals surface area (Å²) in [5, 5.41) is 10.6. The standard InChI is InChI=1S/C14H11BrClNO/c1-9-6-11(15)7-10(14(9)18)8-17-13-4-2-12(16)3-5-13/h2-8,18H,1H3. The molecule has 0 radical (unpaired) electrons. The van der Waals surface area contributed by atoms with Gasteiger partial charge in [-0.25, -0.2) is 0 Å². The Balaban J connectivity index is 2.31. The van der Waals surface area contributed by atoms with Crippen LogP contribution < -0.4 is 0 Å². The summed E-state index contributed by atoms with van der Waals surface area (Å²) in [5.41, 5.74) is 2.27. The van der Waals surface area contributed by atoms with Crippen molar-refractivity contribution >= 4 is 39.4 Å². The second-order valence-corrected chi connectivity index (χ2v) is 5.25. The van der Waals surface area contributed by atoms with E-state index in [1.807, 2.05) is 31.2 Å². The van der Waals surface area contributed by atoms with Gasteiger partial charge in [-0.05, 0) is 48.9 Å². The molecule has 92 valence electrons. The summed E-state index contributed by atoms with van der Waals surface area (Å²) in [6.07, 6.45) is 1.64. The van der Waals surface area contributed by atoms with E-state index in [0.29, 0.717) is 10.6 Å². The minimum absolute atomic E-state index is 0.246. The minimum atomic E-state index is 0.246. The van der Waals surface area contributed by atoms with E-state index in [4.69, 9.17) is 11.6 Å². The zero-order chi connectivity index (χ0) is 13.1. The van der Waals surface area contributed by atoms with Gasteiger partial charge in [-0.2, -0.15) is 0 Å². The molecule has 1 N–H and O–H groups in total. The maximum absolute atomic E-state index is 9.91. The quantitative estimate of drug-likeness (QED) is 0.786. The summed E-state index contributed by atoms with van der Waals surface area (Å²) in [5.74, 6) is 0.246. The van der Waals surface area contributed by atoms with Crippen molar-refractivity contribution in [2.45, 2.75) is 6.92 Å². The van der Waals surface area contributed by atoms with Gasteiger partial charge in [0.05, 0.1) is 5.69 Å². The highest BCUT2D eigenvalue weighted by atomic mass is 79.9. The Labute approximate surface area is 119 Å². The monoisotopic (exact) mass is 323 g/mol. The van der Waals surface area contributed by atoms with Gasteiger partial charge in [-0.15, -0.1) is 0 Å². The van der Waals surface area contributed by atoms with Crippen LogP contribution in [0.1, 0.15) is 11.1 Å². The first kappa shape index (κ1) is 13.1. The number of phenolic OH excluding ortho intramolecular Hbond substituents is 1. The molecule has 2 aromatic rings. The van der Waals surface area contributed by atoms with Gasteiger partial charge < -0.3 is 5.11 Å². The number of phenols is 1. The largest absolute Gasteiger partial charge is 0.507 e. The molecule has 0 aliphatic rings. The van der Waals surface area contributed by atoms with Crippen molar-refractivity contribution in [2.24, 2.45) is 4.99 Å². The number of aromatic hydroxyl groups is 1. The predicted octanol–water partition coefficient (Wildman–Crippen LogP) is 4.87. The third kappa shape index (κ3) is 3.12. The first-order valence-electron chi connectivity index (χ1n) is 5.35. The van der Waals surface area contributed by atoms with Gasteiger partial charge in [0, 0.05) is 21.3 Å². The number of rotatable bonds is 2. The van der Waals surface area contributed by atoms with Gasteiger partial charge in [-0.3, -0.25) is 4.99 Å². The second kappa shape index (κ2) is 5.55. The Kier molecular flexibility index (Phi) is 4.04. The van der Waals surface area contributed by atoms with Crippen LogP contribution in [0, 0.1) is 6.92 Å². The molecule has 0 amide bonds. The van der Waals surface area contributed by atoms with Crippen molar-refractivity contribution in [3.8, 4) is 5.75 Å². The highest BCUT2D eigenvalue weighted by molar-refractivity contribution is 9.10. The zero-order valence-electron chi connectivity index (χ0n) is 9.69. The third-order valence-corrected chi connectivity index (χ3v) is 3.18. The van der Waals surface area contributed by atoms with Crippen LogP contribution in [0.2, 0.25) is 5.02 Å². The summed E-state index contributed by atoms with van der Waals surface area (Å²) in [7, 11) is 0. The normalized spacial score (nSPS) is 11.1. The first-order valence-corrected chi connectivity index (χ1v) is 6.52. The molecule has 0 fully saturated rings. The highest BCUT2D eigenvalue weighted by Gasteiger charge is 2.03. The molecule has 2 nitrogen and oxygen atoms in total. The molecule has 0 atom stereocenters. The van der Waals surface area contributed by atoms with Crippen molar-refractivity contribution in [1.29, 1.82) is 0 Å². The van der Waals surface area contributed by atoms with Crippen LogP contribution in [0.4, 0.5) is 5.69 Å². The Morgan fingerprint density at radius 3 is 2.56 bits per heavy atom. The molecule has 18 heavy (non-hydrogen) atoms. The second-order valence-electron chi connectivity index (χ2n) is 3.90. The van der Waals surface area contributed by atoms with Crippen LogP contribution in [0.25, 0.3) is 0 Å². The maximum Gasteiger partial charge on any atom is 0.127 e.